The molecule has 2 heterocycles. The van der Waals surface area contributed by atoms with Crippen LogP contribution in [0.4, 0.5) is 0 Å². The Bertz CT molecular complexity index is 1100. The van der Waals surface area contributed by atoms with Crippen LogP contribution < -0.4 is 0 Å². The van der Waals surface area contributed by atoms with Gasteiger partial charge in [0, 0.05) is 22.6 Å². The van der Waals surface area contributed by atoms with Crippen LogP contribution in [0.5, 0.6) is 0 Å². The maximum Gasteiger partial charge on any atom is 0.287 e. The average molecular weight is 500 g/mol. The van der Waals surface area contributed by atoms with Crippen LogP contribution >= 0.6 is 34.5 Å². The van der Waals surface area contributed by atoms with Gasteiger partial charge in [-0.1, -0.05) is 55.1 Å². The number of hydrogen-bond donors (Lipinski definition) is 1. The second-order valence-electron chi connectivity index (χ2n) is 7.06. The summed E-state index contributed by atoms with van der Waals surface area (Å²) in [7, 11) is 0. The maximum atomic E-state index is 12.7. The Labute approximate surface area is 198 Å². The van der Waals surface area contributed by atoms with E-state index in [-0.39, 0.29) is 12.2 Å². The standard InChI is InChI=1S/C21H23Cl2N3O3S2/c1-3-4-5-10-26(31(28)29)21(27)18-13-25(14(2)24-18)12-16-7-6-15(11-17(16)22)19-8-9-20(23)30-19/h6-9,11,13H,3-5,10,12H2,1-2H3,(H,28,29). The second-order valence-corrected chi connectivity index (χ2v) is 10.1. The number of aryl methyl sites for hydroxylation is 1. The van der Waals surface area contributed by atoms with E-state index >= 15 is 0 Å². The summed E-state index contributed by atoms with van der Waals surface area (Å²) in [6.07, 6.45) is 4.08. The highest BCUT2D eigenvalue weighted by Gasteiger charge is 2.23. The molecule has 166 valence electrons. The summed E-state index contributed by atoms with van der Waals surface area (Å²) in [4.78, 5) is 18.1. The van der Waals surface area contributed by atoms with Gasteiger partial charge in [0.2, 0.25) is 0 Å². The van der Waals surface area contributed by atoms with E-state index in [2.05, 4.69) is 4.98 Å². The highest BCUT2D eigenvalue weighted by Crippen LogP contribution is 2.33. The van der Waals surface area contributed by atoms with E-state index in [0.29, 0.717) is 28.1 Å². The van der Waals surface area contributed by atoms with Gasteiger partial charge in [-0.05, 0) is 42.7 Å². The summed E-state index contributed by atoms with van der Waals surface area (Å²) < 4.78 is 24.6. The number of hydrogen-bond acceptors (Lipinski definition) is 4. The molecule has 0 bridgehead atoms. The van der Waals surface area contributed by atoms with Crippen molar-refractivity contribution in [2.75, 3.05) is 6.54 Å². The Kier molecular flexibility index (Phi) is 8.30. The molecule has 0 spiro atoms. The second kappa shape index (κ2) is 10.7. The highest BCUT2D eigenvalue weighted by molar-refractivity contribution is 7.77. The third-order valence-electron chi connectivity index (χ3n) is 4.83. The number of nitrogens with zero attached hydrogens (tertiary/aromatic N) is 3. The molecule has 1 amide bonds. The first-order chi connectivity index (χ1) is 14.8. The zero-order valence-corrected chi connectivity index (χ0v) is 20.3. The number of imidazole rings is 1. The molecule has 3 rings (SSSR count). The number of thiophene rings is 1. The van der Waals surface area contributed by atoms with Gasteiger partial charge in [-0.2, -0.15) is 0 Å². The van der Waals surface area contributed by atoms with E-state index in [4.69, 9.17) is 23.2 Å². The molecule has 1 unspecified atom stereocenters. The lowest BCUT2D eigenvalue weighted by molar-refractivity contribution is 0.0853. The first-order valence-corrected chi connectivity index (χ1v) is 12.4. The van der Waals surface area contributed by atoms with E-state index < -0.39 is 17.2 Å². The number of carbonyl (C=O) groups is 1. The molecule has 0 aliphatic rings. The van der Waals surface area contributed by atoms with Crippen molar-refractivity contribution < 1.29 is 13.6 Å². The number of rotatable bonds is 9. The van der Waals surface area contributed by atoms with Crippen LogP contribution in [0.25, 0.3) is 10.4 Å². The van der Waals surface area contributed by atoms with E-state index in [0.717, 1.165) is 33.2 Å². The fourth-order valence-corrected chi connectivity index (χ4v) is 4.94. The number of amides is 1. The molecule has 1 atom stereocenters. The smallest absolute Gasteiger partial charge is 0.287 e. The van der Waals surface area contributed by atoms with Crippen molar-refractivity contribution in [2.45, 2.75) is 39.7 Å². The molecule has 0 aliphatic carbocycles. The molecule has 0 saturated heterocycles. The first-order valence-electron chi connectivity index (χ1n) is 9.81. The van der Waals surface area contributed by atoms with Crippen LogP contribution in [0.15, 0.2) is 36.5 Å². The summed E-state index contributed by atoms with van der Waals surface area (Å²) >= 11 is 11.6. The molecule has 1 N–H and O–H groups in total. The van der Waals surface area contributed by atoms with Crippen LogP contribution in [0.1, 0.15) is 48.1 Å². The predicted octanol–water partition coefficient (Wildman–Crippen LogP) is 6.04. The van der Waals surface area contributed by atoms with Gasteiger partial charge in [0.1, 0.15) is 11.5 Å². The van der Waals surface area contributed by atoms with Crippen molar-refractivity contribution in [1.82, 2.24) is 13.9 Å². The first kappa shape index (κ1) is 23.9. The van der Waals surface area contributed by atoms with Gasteiger partial charge in [0.25, 0.3) is 17.2 Å². The number of carbonyl (C=O) groups excluding carboxylic acids is 1. The Balaban J connectivity index is 1.77. The Hall–Kier alpha value is -1.71. The zero-order chi connectivity index (χ0) is 22.5. The summed E-state index contributed by atoms with van der Waals surface area (Å²) in [6.45, 7) is 4.45. The Morgan fingerprint density at radius 1 is 1.26 bits per heavy atom. The monoisotopic (exact) mass is 499 g/mol. The molecule has 0 fully saturated rings. The molecule has 31 heavy (non-hydrogen) atoms. The van der Waals surface area contributed by atoms with Crippen molar-refractivity contribution in [3.63, 3.8) is 0 Å². The van der Waals surface area contributed by atoms with Gasteiger partial charge in [-0.3, -0.25) is 9.35 Å². The lowest BCUT2D eigenvalue weighted by atomic mass is 10.1. The highest BCUT2D eigenvalue weighted by atomic mass is 35.5. The van der Waals surface area contributed by atoms with E-state index in [1.54, 1.807) is 17.7 Å². The van der Waals surface area contributed by atoms with Gasteiger partial charge < -0.3 is 4.57 Å². The SMILES string of the molecule is CCCCCN(C(=O)c1cn(Cc2ccc(-c3ccc(Cl)s3)cc2Cl)c(C)n1)S(=O)O. The van der Waals surface area contributed by atoms with Gasteiger partial charge >= 0.3 is 0 Å². The van der Waals surface area contributed by atoms with Crippen molar-refractivity contribution in [3.8, 4) is 10.4 Å². The Morgan fingerprint density at radius 3 is 2.65 bits per heavy atom. The van der Waals surface area contributed by atoms with Crippen LogP contribution in [0, 0.1) is 6.92 Å². The summed E-state index contributed by atoms with van der Waals surface area (Å²) in [6, 6.07) is 9.61. The largest absolute Gasteiger partial charge is 0.330 e. The van der Waals surface area contributed by atoms with Crippen molar-refractivity contribution in [2.24, 2.45) is 0 Å². The summed E-state index contributed by atoms with van der Waals surface area (Å²) in [5.74, 6) is 0.0561. The minimum absolute atomic E-state index is 0.136. The predicted molar refractivity (Wildman–Crippen MR) is 127 cm³/mol. The van der Waals surface area contributed by atoms with Gasteiger partial charge in [-0.25, -0.2) is 13.5 Å². The fraction of sp³-hybridized carbons (Fsp3) is 0.333. The van der Waals surface area contributed by atoms with Crippen molar-refractivity contribution >= 4 is 51.7 Å². The third kappa shape index (κ3) is 5.96. The normalized spacial score (nSPS) is 12.2. The number of aromatic nitrogens is 2. The maximum absolute atomic E-state index is 12.7. The summed E-state index contributed by atoms with van der Waals surface area (Å²) in [5.41, 5.74) is 1.99. The molecule has 2 aromatic heterocycles. The number of halogens is 2. The lowest BCUT2D eigenvalue weighted by Gasteiger charge is -2.16. The molecule has 6 nitrogen and oxygen atoms in total. The van der Waals surface area contributed by atoms with Gasteiger partial charge in [0.05, 0.1) is 10.9 Å². The van der Waals surface area contributed by atoms with Crippen LogP contribution in [-0.4, -0.2) is 35.1 Å². The molecule has 0 saturated carbocycles. The zero-order valence-electron chi connectivity index (χ0n) is 17.2. The lowest BCUT2D eigenvalue weighted by Crippen LogP contribution is -2.33. The minimum Gasteiger partial charge on any atom is -0.330 e. The van der Waals surface area contributed by atoms with Crippen LogP contribution in [-0.2, 0) is 17.8 Å². The topological polar surface area (TPSA) is 75.4 Å². The van der Waals surface area contributed by atoms with Crippen molar-refractivity contribution in [1.29, 1.82) is 0 Å². The quantitative estimate of drug-likeness (QED) is 0.287. The van der Waals surface area contributed by atoms with E-state index in [9.17, 15) is 13.6 Å². The van der Waals surface area contributed by atoms with Gasteiger partial charge in [-0.15, -0.1) is 11.3 Å². The van der Waals surface area contributed by atoms with E-state index in [1.807, 2.05) is 37.3 Å². The minimum atomic E-state index is -2.39. The van der Waals surface area contributed by atoms with Crippen LogP contribution in [0.3, 0.4) is 0 Å². The summed E-state index contributed by atoms with van der Waals surface area (Å²) in [5, 5.41) is 0.598. The number of unbranched alkanes of at least 4 members (excludes halogenated alkanes) is 2. The molecule has 10 heteroatoms. The Morgan fingerprint density at radius 2 is 2.03 bits per heavy atom. The molecule has 3 aromatic rings. The number of benzene rings is 1. The molecular weight excluding hydrogens is 477 g/mol. The third-order valence-corrected chi connectivity index (χ3v) is 7.18. The molecule has 0 radical (unpaired) electrons. The average Bonchev–Trinajstić information content (AvgIpc) is 3.32. The van der Waals surface area contributed by atoms with Gasteiger partial charge in [0.15, 0.2) is 0 Å². The molecule has 1 aromatic carbocycles. The molecule has 0 aliphatic heterocycles. The van der Waals surface area contributed by atoms with Crippen molar-refractivity contribution in [3.05, 3.63) is 63.0 Å². The fourth-order valence-electron chi connectivity index (χ4n) is 3.14. The van der Waals surface area contributed by atoms with Crippen LogP contribution in [0.2, 0.25) is 9.36 Å². The van der Waals surface area contributed by atoms with E-state index in [1.165, 1.54) is 11.3 Å². The molecular formula is C21H23Cl2N3O3S2.